The highest BCUT2D eigenvalue weighted by atomic mass is 16.5. The van der Waals surface area contributed by atoms with Gasteiger partial charge in [0.05, 0.1) is 0 Å². The lowest BCUT2D eigenvalue weighted by atomic mass is 10.2. The molecule has 0 heterocycles. The second-order valence-corrected chi connectivity index (χ2v) is 4.45. The lowest BCUT2D eigenvalue weighted by Gasteiger charge is -2.11. The second kappa shape index (κ2) is 7.53. The zero-order chi connectivity index (χ0) is 14.2. The van der Waals surface area contributed by atoms with E-state index in [1.54, 1.807) is 0 Å². The van der Waals surface area contributed by atoms with E-state index in [0.717, 1.165) is 11.3 Å². The molecule has 20 heavy (non-hydrogen) atoms. The van der Waals surface area contributed by atoms with Gasteiger partial charge in [0.1, 0.15) is 30.8 Å². The number of benzene rings is 2. The molecule has 4 nitrogen and oxygen atoms in total. The Morgan fingerprint density at radius 1 is 0.900 bits per heavy atom. The molecule has 0 saturated carbocycles. The SMILES string of the molecule is NCC(O)COc1ccc(OCc2ccccc2)cc1. The van der Waals surface area contributed by atoms with Gasteiger partial charge in [-0.25, -0.2) is 0 Å². The molecule has 0 saturated heterocycles. The van der Waals surface area contributed by atoms with Crippen molar-refractivity contribution in [1.29, 1.82) is 0 Å². The molecule has 0 amide bonds. The molecule has 0 aliphatic carbocycles. The third-order valence-electron chi connectivity index (χ3n) is 2.79. The maximum absolute atomic E-state index is 9.31. The van der Waals surface area contributed by atoms with E-state index in [1.165, 1.54) is 0 Å². The van der Waals surface area contributed by atoms with Crippen molar-refractivity contribution >= 4 is 0 Å². The molecule has 2 aromatic rings. The van der Waals surface area contributed by atoms with Crippen molar-refractivity contribution in [2.24, 2.45) is 5.73 Å². The van der Waals surface area contributed by atoms with Gasteiger partial charge in [0.25, 0.3) is 0 Å². The first kappa shape index (κ1) is 14.4. The summed E-state index contributed by atoms with van der Waals surface area (Å²) < 4.78 is 11.1. The molecule has 106 valence electrons. The van der Waals surface area contributed by atoms with Crippen LogP contribution < -0.4 is 15.2 Å². The standard InChI is InChI=1S/C16H19NO3/c17-10-14(18)12-20-16-8-6-15(7-9-16)19-11-13-4-2-1-3-5-13/h1-9,14,18H,10-12,17H2. The molecule has 0 bridgehead atoms. The predicted molar refractivity (Wildman–Crippen MR) is 77.8 cm³/mol. The van der Waals surface area contributed by atoms with Gasteiger partial charge in [-0.3, -0.25) is 0 Å². The van der Waals surface area contributed by atoms with Gasteiger partial charge in [-0.1, -0.05) is 30.3 Å². The van der Waals surface area contributed by atoms with Gasteiger partial charge in [-0.05, 0) is 29.8 Å². The Morgan fingerprint density at radius 2 is 1.50 bits per heavy atom. The van der Waals surface area contributed by atoms with E-state index in [9.17, 15) is 5.11 Å². The van der Waals surface area contributed by atoms with Crippen molar-refractivity contribution in [3.05, 3.63) is 60.2 Å². The number of aliphatic hydroxyl groups excluding tert-OH is 1. The Morgan fingerprint density at radius 3 is 2.10 bits per heavy atom. The number of hydrogen-bond acceptors (Lipinski definition) is 4. The average molecular weight is 273 g/mol. The molecule has 0 radical (unpaired) electrons. The molecule has 2 rings (SSSR count). The van der Waals surface area contributed by atoms with Crippen LogP contribution in [-0.4, -0.2) is 24.4 Å². The number of ether oxygens (including phenoxy) is 2. The van der Waals surface area contributed by atoms with Crippen molar-refractivity contribution in [1.82, 2.24) is 0 Å². The fourth-order valence-electron chi connectivity index (χ4n) is 1.63. The van der Waals surface area contributed by atoms with Gasteiger partial charge in [0.2, 0.25) is 0 Å². The Kier molecular flexibility index (Phi) is 5.41. The van der Waals surface area contributed by atoms with Crippen LogP contribution in [0.3, 0.4) is 0 Å². The van der Waals surface area contributed by atoms with Crippen LogP contribution in [0.15, 0.2) is 54.6 Å². The number of hydrogen-bond donors (Lipinski definition) is 2. The first-order chi connectivity index (χ1) is 9.78. The lowest BCUT2D eigenvalue weighted by Crippen LogP contribution is -2.26. The summed E-state index contributed by atoms with van der Waals surface area (Å²) in [7, 11) is 0. The largest absolute Gasteiger partial charge is 0.491 e. The summed E-state index contributed by atoms with van der Waals surface area (Å²) in [5.41, 5.74) is 6.43. The van der Waals surface area contributed by atoms with Crippen molar-refractivity contribution in [3.8, 4) is 11.5 Å². The number of rotatable bonds is 7. The van der Waals surface area contributed by atoms with Crippen LogP contribution in [0.1, 0.15) is 5.56 Å². The molecular weight excluding hydrogens is 254 g/mol. The Balaban J connectivity index is 1.82. The topological polar surface area (TPSA) is 64.7 Å². The van der Waals surface area contributed by atoms with Crippen LogP contribution in [0, 0.1) is 0 Å². The first-order valence-corrected chi connectivity index (χ1v) is 6.55. The maximum atomic E-state index is 9.31. The van der Waals surface area contributed by atoms with E-state index in [-0.39, 0.29) is 13.2 Å². The molecule has 1 atom stereocenters. The first-order valence-electron chi connectivity index (χ1n) is 6.55. The van der Waals surface area contributed by atoms with Crippen LogP contribution in [-0.2, 0) is 6.61 Å². The smallest absolute Gasteiger partial charge is 0.120 e. The molecular formula is C16H19NO3. The quantitative estimate of drug-likeness (QED) is 0.809. The van der Waals surface area contributed by atoms with Crippen LogP contribution >= 0.6 is 0 Å². The summed E-state index contributed by atoms with van der Waals surface area (Å²) in [5, 5.41) is 9.31. The van der Waals surface area contributed by atoms with E-state index >= 15 is 0 Å². The molecule has 1 unspecified atom stereocenters. The lowest BCUT2D eigenvalue weighted by molar-refractivity contribution is 0.114. The van der Waals surface area contributed by atoms with Gasteiger partial charge >= 0.3 is 0 Å². The molecule has 2 aromatic carbocycles. The van der Waals surface area contributed by atoms with Crippen molar-refractivity contribution < 1.29 is 14.6 Å². The maximum Gasteiger partial charge on any atom is 0.120 e. The summed E-state index contributed by atoms with van der Waals surface area (Å²) in [6.07, 6.45) is -0.635. The van der Waals surface area contributed by atoms with Gasteiger partial charge in [-0.15, -0.1) is 0 Å². The molecule has 4 heteroatoms. The fraction of sp³-hybridized carbons (Fsp3) is 0.250. The van der Waals surface area contributed by atoms with Crippen LogP contribution in [0.4, 0.5) is 0 Å². The Bertz CT molecular complexity index is 499. The summed E-state index contributed by atoms with van der Waals surface area (Å²) in [6.45, 7) is 0.923. The third kappa shape index (κ3) is 4.57. The zero-order valence-corrected chi connectivity index (χ0v) is 11.2. The van der Waals surface area contributed by atoms with E-state index in [1.807, 2.05) is 54.6 Å². The highest BCUT2D eigenvalue weighted by molar-refractivity contribution is 5.31. The second-order valence-electron chi connectivity index (χ2n) is 4.45. The van der Waals surface area contributed by atoms with Crippen LogP contribution in [0.2, 0.25) is 0 Å². The van der Waals surface area contributed by atoms with Gasteiger partial charge in [0.15, 0.2) is 0 Å². The summed E-state index contributed by atoms with van der Waals surface area (Å²) in [4.78, 5) is 0. The van der Waals surface area contributed by atoms with Crippen LogP contribution in [0.5, 0.6) is 11.5 Å². The van der Waals surface area contributed by atoms with E-state index in [2.05, 4.69) is 0 Å². The molecule has 0 aromatic heterocycles. The fourth-order valence-corrected chi connectivity index (χ4v) is 1.63. The van der Waals surface area contributed by atoms with Crippen molar-refractivity contribution in [2.45, 2.75) is 12.7 Å². The van der Waals surface area contributed by atoms with Gasteiger partial charge in [-0.2, -0.15) is 0 Å². The Hall–Kier alpha value is -2.04. The molecule has 3 N–H and O–H groups in total. The minimum atomic E-state index is -0.635. The summed E-state index contributed by atoms with van der Waals surface area (Å²) in [6, 6.07) is 17.3. The average Bonchev–Trinajstić information content (AvgIpc) is 2.52. The minimum Gasteiger partial charge on any atom is -0.491 e. The van der Waals surface area contributed by atoms with Crippen molar-refractivity contribution in [3.63, 3.8) is 0 Å². The van der Waals surface area contributed by atoms with E-state index in [4.69, 9.17) is 15.2 Å². The Labute approximate surface area is 118 Å². The monoisotopic (exact) mass is 273 g/mol. The number of aliphatic hydroxyl groups is 1. The van der Waals surface area contributed by atoms with E-state index < -0.39 is 6.10 Å². The minimum absolute atomic E-state index is 0.193. The van der Waals surface area contributed by atoms with Gasteiger partial charge < -0.3 is 20.3 Å². The predicted octanol–water partition coefficient (Wildman–Crippen LogP) is 1.96. The van der Waals surface area contributed by atoms with Crippen LogP contribution in [0.25, 0.3) is 0 Å². The van der Waals surface area contributed by atoms with E-state index in [0.29, 0.717) is 12.4 Å². The molecule has 0 aliphatic rings. The number of nitrogens with two attached hydrogens (primary N) is 1. The van der Waals surface area contributed by atoms with Gasteiger partial charge in [0, 0.05) is 6.54 Å². The normalized spacial score (nSPS) is 11.9. The third-order valence-corrected chi connectivity index (χ3v) is 2.79. The summed E-state index contributed by atoms with van der Waals surface area (Å²) >= 11 is 0. The summed E-state index contributed by atoms with van der Waals surface area (Å²) in [5.74, 6) is 1.46. The molecule has 0 spiro atoms. The molecule has 0 fully saturated rings. The molecule has 0 aliphatic heterocycles. The van der Waals surface area contributed by atoms with Crippen molar-refractivity contribution in [2.75, 3.05) is 13.2 Å². The zero-order valence-electron chi connectivity index (χ0n) is 11.2. The highest BCUT2D eigenvalue weighted by Gasteiger charge is 2.02. The highest BCUT2D eigenvalue weighted by Crippen LogP contribution is 2.18.